The van der Waals surface area contributed by atoms with Crippen LogP contribution in [0.3, 0.4) is 0 Å². The number of nitrogens with zero attached hydrogens (tertiary/aromatic N) is 1. The highest BCUT2D eigenvalue weighted by Crippen LogP contribution is 2.29. The van der Waals surface area contributed by atoms with E-state index in [1.54, 1.807) is 18.5 Å². The number of hydrogen-bond acceptors (Lipinski definition) is 1. The Hall–Kier alpha value is -1.84. The Labute approximate surface area is 103 Å². The highest BCUT2D eigenvalue weighted by molar-refractivity contribution is 5.26. The Morgan fingerprint density at radius 3 is 2.22 bits per heavy atom. The van der Waals surface area contributed by atoms with Crippen LogP contribution in [0.15, 0.2) is 48.8 Å². The number of pyridine rings is 1. The molecule has 0 fully saturated rings. The number of benzene rings is 1. The van der Waals surface area contributed by atoms with E-state index in [0.717, 1.165) is 11.6 Å². The molecule has 2 rings (SSSR count). The molecule has 0 saturated heterocycles. The topological polar surface area (TPSA) is 12.9 Å². The summed E-state index contributed by atoms with van der Waals surface area (Å²) in [6.07, 6.45) is 0.396. The maximum absolute atomic E-state index is 12.5. The minimum atomic E-state index is -4.27. The van der Waals surface area contributed by atoms with Crippen molar-refractivity contribution < 1.29 is 13.2 Å². The summed E-state index contributed by atoms with van der Waals surface area (Å²) in [5.41, 5.74) is 1.18. The average Bonchev–Trinajstić information content (AvgIpc) is 2.37. The second kappa shape index (κ2) is 5.21. The molecule has 1 nitrogen and oxygen atoms in total. The first-order valence-electron chi connectivity index (χ1n) is 5.61. The van der Waals surface area contributed by atoms with Gasteiger partial charge in [-0.1, -0.05) is 18.2 Å². The predicted molar refractivity (Wildman–Crippen MR) is 63.1 cm³/mol. The maximum atomic E-state index is 12.5. The van der Waals surface area contributed by atoms with Gasteiger partial charge in [0.2, 0.25) is 0 Å². The van der Waals surface area contributed by atoms with Gasteiger partial charge in [-0.3, -0.25) is 4.98 Å². The molecule has 1 aromatic carbocycles. The molecule has 0 aliphatic rings. The van der Waals surface area contributed by atoms with E-state index in [9.17, 15) is 13.2 Å². The van der Waals surface area contributed by atoms with E-state index in [0.29, 0.717) is 18.4 Å². The molecule has 0 amide bonds. The Bertz CT molecular complexity index is 506. The molecular formula is C14H12F3N. The summed E-state index contributed by atoms with van der Waals surface area (Å²) < 4.78 is 37.6. The van der Waals surface area contributed by atoms with Gasteiger partial charge in [-0.25, -0.2) is 0 Å². The lowest BCUT2D eigenvalue weighted by Crippen LogP contribution is -2.05. The fourth-order valence-electron chi connectivity index (χ4n) is 1.74. The fraction of sp³-hybridized carbons (Fsp3) is 0.214. The van der Waals surface area contributed by atoms with E-state index >= 15 is 0 Å². The van der Waals surface area contributed by atoms with E-state index in [1.807, 2.05) is 12.1 Å². The predicted octanol–water partition coefficient (Wildman–Crippen LogP) is 3.89. The molecule has 2 aromatic rings. The van der Waals surface area contributed by atoms with Gasteiger partial charge in [0.15, 0.2) is 0 Å². The molecule has 1 heterocycles. The molecule has 0 bridgehead atoms. The molecule has 0 aliphatic carbocycles. The molecule has 0 aliphatic heterocycles. The van der Waals surface area contributed by atoms with E-state index in [2.05, 4.69) is 4.98 Å². The molecule has 0 unspecified atom stereocenters. The minimum absolute atomic E-state index is 0.588. The Morgan fingerprint density at radius 1 is 0.889 bits per heavy atom. The van der Waals surface area contributed by atoms with E-state index < -0.39 is 11.7 Å². The lowest BCUT2D eigenvalue weighted by molar-refractivity contribution is -0.137. The van der Waals surface area contributed by atoms with Gasteiger partial charge < -0.3 is 0 Å². The summed E-state index contributed by atoms with van der Waals surface area (Å²) in [5.74, 6) is 0. The van der Waals surface area contributed by atoms with Crippen LogP contribution in [0.5, 0.6) is 0 Å². The summed E-state index contributed by atoms with van der Waals surface area (Å²) >= 11 is 0. The molecular weight excluding hydrogens is 239 g/mol. The third-order valence-corrected chi connectivity index (χ3v) is 2.71. The van der Waals surface area contributed by atoms with Crippen LogP contribution < -0.4 is 0 Å². The van der Waals surface area contributed by atoms with Crippen molar-refractivity contribution in [3.63, 3.8) is 0 Å². The standard InChI is InChI=1S/C14H12F3N/c15-14(16,17)13-3-1-2-12(10-13)5-4-11-6-8-18-9-7-11/h1-3,6-10H,4-5H2. The summed E-state index contributed by atoms with van der Waals surface area (Å²) in [4.78, 5) is 3.90. The molecule has 1 aromatic heterocycles. The minimum Gasteiger partial charge on any atom is -0.265 e. The van der Waals surface area contributed by atoms with Gasteiger partial charge in [-0.05, 0) is 42.2 Å². The first-order chi connectivity index (χ1) is 8.55. The van der Waals surface area contributed by atoms with Gasteiger partial charge in [0.1, 0.15) is 0 Å². The van der Waals surface area contributed by atoms with E-state index in [-0.39, 0.29) is 0 Å². The monoisotopic (exact) mass is 251 g/mol. The molecule has 0 saturated carbocycles. The van der Waals surface area contributed by atoms with E-state index in [4.69, 9.17) is 0 Å². The number of hydrogen-bond donors (Lipinski definition) is 0. The first-order valence-corrected chi connectivity index (χ1v) is 5.61. The second-order valence-electron chi connectivity index (χ2n) is 4.05. The van der Waals surface area contributed by atoms with Crippen molar-refractivity contribution in [2.75, 3.05) is 0 Å². The average molecular weight is 251 g/mol. The van der Waals surface area contributed by atoms with Crippen LogP contribution in [-0.4, -0.2) is 4.98 Å². The van der Waals surface area contributed by atoms with Gasteiger partial charge in [0.25, 0.3) is 0 Å². The zero-order valence-electron chi connectivity index (χ0n) is 9.61. The third-order valence-electron chi connectivity index (χ3n) is 2.71. The molecule has 0 radical (unpaired) electrons. The van der Waals surface area contributed by atoms with Crippen LogP contribution in [0, 0.1) is 0 Å². The van der Waals surface area contributed by atoms with Gasteiger partial charge in [0.05, 0.1) is 5.56 Å². The molecule has 4 heteroatoms. The van der Waals surface area contributed by atoms with Crippen molar-refractivity contribution >= 4 is 0 Å². The van der Waals surface area contributed by atoms with Crippen molar-refractivity contribution in [1.82, 2.24) is 4.98 Å². The lowest BCUT2D eigenvalue weighted by atomic mass is 10.0. The number of halogens is 3. The summed E-state index contributed by atoms with van der Waals surface area (Å²) in [6, 6.07) is 9.21. The normalized spacial score (nSPS) is 11.5. The maximum Gasteiger partial charge on any atom is 0.416 e. The zero-order chi connectivity index (χ0) is 13.0. The van der Waals surface area contributed by atoms with Crippen LogP contribution in [-0.2, 0) is 19.0 Å². The molecule has 94 valence electrons. The quantitative estimate of drug-likeness (QED) is 0.806. The van der Waals surface area contributed by atoms with Gasteiger partial charge >= 0.3 is 6.18 Å². The summed E-state index contributed by atoms with van der Waals surface area (Å²) in [5, 5.41) is 0. The fourth-order valence-corrected chi connectivity index (χ4v) is 1.74. The highest BCUT2D eigenvalue weighted by atomic mass is 19.4. The third kappa shape index (κ3) is 3.32. The smallest absolute Gasteiger partial charge is 0.265 e. The Balaban J connectivity index is 2.06. The summed E-state index contributed by atoms with van der Waals surface area (Å²) in [6.45, 7) is 0. The lowest BCUT2D eigenvalue weighted by Gasteiger charge is -2.08. The van der Waals surface area contributed by atoms with Crippen molar-refractivity contribution in [3.8, 4) is 0 Å². The van der Waals surface area contributed by atoms with Gasteiger partial charge in [-0.2, -0.15) is 13.2 Å². The second-order valence-corrected chi connectivity index (χ2v) is 4.05. The largest absolute Gasteiger partial charge is 0.416 e. The number of rotatable bonds is 3. The zero-order valence-corrected chi connectivity index (χ0v) is 9.61. The van der Waals surface area contributed by atoms with Crippen molar-refractivity contribution in [3.05, 3.63) is 65.5 Å². The van der Waals surface area contributed by atoms with Crippen molar-refractivity contribution in [2.45, 2.75) is 19.0 Å². The van der Waals surface area contributed by atoms with Crippen LogP contribution in [0.25, 0.3) is 0 Å². The van der Waals surface area contributed by atoms with Crippen LogP contribution in [0.2, 0.25) is 0 Å². The number of aryl methyl sites for hydroxylation is 2. The number of aromatic nitrogens is 1. The first kappa shape index (κ1) is 12.6. The van der Waals surface area contributed by atoms with Crippen molar-refractivity contribution in [1.29, 1.82) is 0 Å². The van der Waals surface area contributed by atoms with Crippen LogP contribution in [0.4, 0.5) is 13.2 Å². The van der Waals surface area contributed by atoms with Gasteiger partial charge in [0, 0.05) is 12.4 Å². The number of alkyl halides is 3. The summed E-state index contributed by atoms with van der Waals surface area (Å²) in [7, 11) is 0. The molecule has 0 N–H and O–H groups in total. The SMILES string of the molecule is FC(F)(F)c1cccc(CCc2ccncc2)c1. The van der Waals surface area contributed by atoms with E-state index in [1.165, 1.54) is 12.1 Å². The highest BCUT2D eigenvalue weighted by Gasteiger charge is 2.30. The Morgan fingerprint density at radius 2 is 1.56 bits per heavy atom. The molecule has 18 heavy (non-hydrogen) atoms. The molecule has 0 atom stereocenters. The van der Waals surface area contributed by atoms with Crippen molar-refractivity contribution in [2.24, 2.45) is 0 Å². The molecule has 0 spiro atoms. The Kier molecular flexibility index (Phi) is 3.65. The van der Waals surface area contributed by atoms with Crippen LogP contribution >= 0.6 is 0 Å². The van der Waals surface area contributed by atoms with Gasteiger partial charge in [-0.15, -0.1) is 0 Å². The van der Waals surface area contributed by atoms with Crippen LogP contribution in [0.1, 0.15) is 16.7 Å².